The normalized spacial score (nSPS) is 11.0. The number of benzene rings is 1. The third-order valence-electron chi connectivity index (χ3n) is 3.87. The lowest BCUT2D eigenvalue weighted by molar-refractivity contribution is 0.102. The number of amides is 1. The average Bonchev–Trinajstić information content (AvgIpc) is 2.89. The number of aryl methyl sites for hydroxylation is 1. The van der Waals surface area contributed by atoms with Crippen molar-refractivity contribution in [1.82, 2.24) is 9.38 Å². The summed E-state index contributed by atoms with van der Waals surface area (Å²) < 4.78 is 15.1. The number of carbonyl (C=O) groups excluding carboxylic acids is 1. The number of hydrogen-bond acceptors (Lipinski definition) is 2. The maximum Gasteiger partial charge on any atom is 0.274 e. The van der Waals surface area contributed by atoms with Crippen LogP contribution in [0.25, 0.3) is 5.65 Å². The first-order chi connectivity index (χ1) is 11.5. The molecule has 2 aromatic heterocycles. The fourth-order valence-corrected chi connectivity index (χ4v) is 2.82. The van der Waals surface area contributed by atoms with Crippen LogP contribution in [0.3, 0.4) is 0 Å². The monoisotopic (exact) mass is 345 g/mol. The molecule has 3 rings (SSSR count). The first kappa shape index (κ1) is 16.5. The van der Waals surface area contributed by atoms with Gasteiger partial charge in [0.1, 0.15) is 17.2 Å². The lowest BCUT2D eigenvalue weighted by Gasteiger charge is -2.10. The van der Waals surface area contributed by atoms with E-state index in [1.165, 1.54) is 16.7 Å². The SMILES string of the molecule is CCCc1nc2ccc(F)cn2c1C(=O)Nc1cccc(Cl)c1C. The molecule has 0 saturated carbocycles. The van der Waals surface area contributed by atoms with Gasteiger partial charge in [0.05, 0.1) is 5.69 Å². The molecule has 0 spiro atoms. The highest BCUT2D eigenvalue weighted by atomic mass is 35.5. The zero-order valence-electron chi connectivity index (χ0n) is 13.4. The second kappa shape index (κ2) is 6.61. The van der Waals surface area contributed by atoms with Crippen LogP contribution in [0.15, 0.2) is 36.5 Å². The molecule has 0 saturated heterocycles. The molecule has 3 aromatic rings. The number of fused-ring (bicyclic) bond motifs is 1. The number of nitrogens with zero attached hydrogens (tertiary/aromatic N) is 2. The Bertz CT molecular complexity index is 920. The lowest BCUT2D eigenvalue weighted by atomic mass is 10.1. The summed E-state index contributed by atoms with van der Waals surface area (Å²) in [6, 6.07) is 8.21. The number of imidazole rings is 1. The quantitative estimate of drug-likeness (QED) is 0.748. The Labute approximate surface area is 144 Å². The molecule has 1 N–H and O–H groups in total. The maximum atomic E-state index is 13.6. The molecule has 124 valence electrons. The second-order valence-electron chi connectivity index (χ2n) is 5.60. The topological polar surface area (TPSA) is 46.4 Å². The van der Waals surface area contributed by atoms with Crippen molar-refractivity contribution < 1.29 is 9.18 Å². The predicted octanol–water partition coefficient (Wildman–Crippen LogP) is 4.64. The first-order valence-corrected chi connectivity index (χ1v) is 8.12. The number of aromatic nitrogens is 2. The summed E-state index contributed by atoms with van der Waals surface area (Å²) >= 11 is 6.10. The van der Waals surface area contributed by atoms with Crippen molar-refractivity contribution in [2.24, 2.45) is 0 Å². The third kappa shape index (κ3) is 2.99. The Morgan fingerprint density at radius 2 is 2.12 bits per heavy atom. The van der Waals surface area contributed by atoms with Gasteiger partial charge in [-0.15, -0.1) is 0 Å². The maximum absolute atomic E-state index is 13.6. The van der Waals surface area contributed by atoms with E-state index in [1.807, 2.05) is 13.8 Å². The van der Waals surface area contributed by atoms with Crippen LogP contribution in [-0.2, 0) is 6.42 Å². The molecule has 0 fully saturated rings. The van der Waals surface area contributed by atoms with E-state index in [9.17, 15) is 9.18 Å². The van der Waals surface area contributed by atoms with Crippen LogP contribution in [0, 0.1) is 12.7 Å². The zero-order valence-corrected chi connectivity index (χ0v) is 14.2. The van der Waals surface area contributed by atoms with Gasteiger partial charge in [-0.05, 0) is 43.2 Å². The molecule has 1 amide bonds. The average molecular weight is 346 g/mol. The molecule has 2 heterocycles. The molecule has 4 nitrogen and oxygen atoms in total. The van der Waals surface area contributed by atoms with Gasteiger partial charge in [-0.25, -0.2) is 9.37 Å². The smallest absolute Gasteiger partial charge is 0.274 e. The van der Waals surface area contributed by atoms with Crippen LogP contribution in [0.5, 0.6) is 0 Å². The summed E-state index contributed by atoms with van der Waals surface area (Å²) in [6.45, 7) is 3.84. The van der Waals surface area contributed by atoms with Gasteiger partial charge in [0.2, 0.25) is 0 Å². The highest BCUT2D eigenvalue weighted by Crippen LogP contribution is 2.24. The number of nitrogens with one attached hydrogen (secondary N) is 1. The number of carbonyl (C=O) groups is 1. The zero-order chi connectivity index (χ0) is 17.3. The lowest BCUT2D eigenvalue weighted by Crippen LogP contribution is -2.17. The van der Waals surface area contributed by atoms with E-state index in [-0.39, 0.29) is 5.91 Å². The summed E-state index contributed by atoms with van der Waals surface area (Å²) in [7, 11) is 0. The summed E-state index contributed by atoms with van der Waals surface area (Å²) in [5, 5.41) is 3.43. The van der Waals surface area contributed by atoms with Gasteiger partial charge in [0.15, 0.2) is 0 Å². The van der Waals surface area contributed by atoms with Crippen molar-refractivity contribution in [1.29, 1.82) is 0 Å². The molecule has 0 unspecified atom stereocenters. The summed E-state index contributed by atoms with van der Waals surface area (Å²) in [4.78, 5) is 17.3. The van der Waals surface area contributed by atoms with E-state index in [0.717, 1.165) is 12.0 Å². The van der Waals surface area contributed by atoms with Gasteiger partial charge in [0, 0.05) is 16.9 Å². The Hall–Kier alpha value is -2.40. The van der Waals surface area contributed by atoms with Crippen LogP contribution in [0.4, 0.5) is 10.1 Å². The molecular formula is C18H17ClFN3O. The van der Waals surface area contributed by atoms with Gasteiger partial charge in [-0.3, -0.25) is 9.20 Å². The molecule has 0 bridgehead atoms. The van der Waals surface area contributed by atoms with Crippen molar-refractivity contribution >= 4 is 28.8 Å². The Morgan fingerprint density at radius 1 is 1.33 bits per heavy atom. The van der Waals surface area contributed by atoms with E-state index in [1.54, 1.807) is 24.3 Å². The minimum Gasteiger partial charge on any atom is -0.320 e. The Balaban J connectivity index is 2.06. The van der Waals surface area contributed by atoms with Crippen molar-refractivity contribution in [3.05, 3.63) is 64.3 Å². The minimum atomic E-state index is -0.420. The van der Waals surface area contributed by atoms with Crippen molar-refractivity contribution in [2.75, 3.05) is 5.32 Å². The molecule has 24 heavy (non-hydrogen) atoms. The van der Waals surface area contributed by atoms with Crippen LogP contribution >= 0.6 is 11.6 Å². The second-order valence-corrected chi connectivity index (χ2v) is 6.01. The van der Waals surface area contributed by atoms with E-state index >= 15 is 0 Å². The van der Waals surface area contributed by atoms with Crippen LogP contribution in [-0.4, -0.2) is 15.3 Å². The van der Waals surface area contributed by atoms with Crippen LogP contribution in [0.1, 0.15) is 35.1 Å². The van der Waals surface area contributed by atoms with E-state index < -0.39 is 5.82 Å². The number of pyridine rings is 1. The predicted molar refractivity (Wildman–Crippen MR) is 93.3 cm³/mol. The highest BCUT2D eigenvalue weighted by Gasteiger charge is 2.20. The van der Waals surface area contributed by atoms with E-state index in [4.69, 9.17) is 11.6 Å². The molecule has 0 aliphatic carbocycles. The fraction of sp³-hybridized carbons (Fsp3) is 0.222. The van der Waals surface area contributed by atoms with E-state index in [2.05, 4.69) is 10.3 Å². The largest absolute Gasteiger partial charge is 0.320 e. The molecule has 0 radical (unpaired) electrons. The number of hydrogen-bond donors (Lipinski definition) is 1. The summed E-state index contributed by atoms with van der Waals surface area (Å²) in [5.74, 6) is -0.752. The van der Waals surface area contributed by atoms with Crippen molar-refractivity contribution in [3.63, 3.8) is 0 Å². The van der Waals surface area contributed by atoms with Crippen molar-refractivity contribution in [2.45, 2.75) is 26.7 Å². The molecule has 0 atom stereocenters. The van der Waals surface area contributed by atoms with Gasteiger partial charge in [0.25, 0.3) is 5.91 Å². The highest BCUT2D eigenvalue weighted by molar-refractivity contribution is 6.31. The fourth-order valence-electron chi connectivity index (χ4n) is 2.64. The molecular weight excluding hydrogens is 329 g/mol. The van der Waals surface area contributed by atoms with Crippen LogP contribution in [0.2, 0.25) is 5.02 Å². The van der Waals surface area contributed by atoms with Crippen molar-refractivity contribution in [3.8, 4) is 0 Å². The van der Waals surface area contributed by atoms with Gasteiger partial charge in [-0.2, -0.15) is 0 Å². The summed E-state index contributed by atoms with van der Waals surface area (Å²) in [5.41, 5.74) is 2.96. The molecule has 0 aliphatic heterocycles. The standard InChI is InChI=1S/C18H17ClFN3O/c1-3-5-15-17(23-10-12(20)8-9-16(23)21-15)18(24)22-14-7-4-6-13(19)11(14)2/h4,6-10H,3,5H2,1-2H3,(H,22,24). The summed E-state index contributed by atoms with van der Waals surface area (Å²) in [6.07, 6.45) is 2.75. The minimum absolute atomic E-state index is 0.332. The number of anilines is 1. The van der Waals surface area contributed by atoms with Gasteiger partial charge >= 0.3 is 0 Å². The first-order valence-electron chi connectivity index (χ1n) is 7.74. The van der Waals surface area contributed by atoms with E-state index in [0.29, 0.717) is 34.2 Å². The number of rotatable bonds is 4. The number of halogens is 2. The van der Waals surface area contributed by atoms with Gasteiger partial charge < -0.3 is 5.32 Å². The van der Waals surface area contributed by atoms with Gasteiger partial charge in [-0.1, -0.05) is 31.0 Å². The Morgan fingerprint density at radius 3 is 2.88 bits per heavy atom. The van der Waals surface area contributed by atoms with Crippen LogP contribution < -0.4 is 5.32 Å². The third-order valence-corrected chi connectivity index (χ3v) is 4.28. The molecule has 0 aliphatic rings. The Kier molecular flexibility index (Phi) is 4.53. The molecule has 1 aromatic carbocycles. The molecule has 6 heteroatoms.